The molecule has 0 aliphatic carbocycles. The molecular weight excluding hydrogens is 554 g/mol. The van der Waals surface area contributed by atoms with Crippen molar-refractivity contribution in [3.63, 3.8) is 0 Å². The van der Waals surface area contributed by atoms with Crippen LogP contribution in [0.25, 0.3) is 0 Å². The van der Waals surface area contributed by atoms with Gasteiger partial charge in [-0.3, -0.25) is 9.88 Å². The molecule has 43 heavy (non-hydrogen) atoms. The number of methoxy groups -OCH3 is 3. The van der Waals surface area contributed by atoms with E-state index < -0.39 is 35.8 Å². The van der Waals surface area contributed by atoms with Crippen molar-refractivity contribution in [2.75, 3.05) is 33.3 Å². The standard InChI is InChI=1S/C32H33N3O8/c1-39-24-13-9-22(10-14-24)32(21-7-5-4-6-8-21,23-11-15-25(40-2)16-12-23)42-20-27-26(36)19-29(43-27)35-18-17-28(33-30(35)37)34-31(38)41-3/h4-18,26-27,29,36H,19-20H2,1-3H3,(H,33,34,37,38)/t26-,27+,29+/m0/s1. The third-order valence-electron chi connectivity index (χ3n) is 7.40. The molecule has 0 saturated carbocycles. The number of aliphatic hydroxyl groups is 1. The number of nitrogens with zero attached hydrogens (tertiary/aromatic N) is 2. The molecule has 1 fully saturated rings. The molecule has 1 saturated heterocycles. The first-order valence-corrected chi connectivity index (χ1v) is 13.6. The third kappa shape index (κ3) is 6.24. The fraction of sp³-hybridized carbons (Fsp3) is 0.281. The second-order valence-corrected chi connectivity index (χ2v) is 9.87. The van der Waals surface area contributed by atoms with Crippen molar-refractivity contribution >= 4 is 11.9 Å². The molecule has 0 bridgehead atoms. The Morgan fingerprint density at radius 3 is 2.05 bits per heavy atom. The number of amides is 1. The van der Waals surface area contributed by atoms with Crippen molar-refractivity contribution in [2.24, 2.45) is 0 Å². The van der Waals surface area contributed by atoms with Crippen LogP contribution in [0.4, 0.5) is 10.6 Å². The van der Waals surface area contributed by atoms with E-state index in [-0.39, 0.29) is 18.8 Å². The average molecular weight is 588 g/mol. The van der Waals surface area contributed by atoms with E-state index in [1.54, 1.807) is 14.2 Å². The second kappa shape index (κ2) is 13.1. The number of carbonyl (C=O) groups excluding carboxylic acids is 1. The molecule has 11 nitrogen and oxygen atoms in total. The molecule has 4 aromatic rings. The van der Waals surface area contributed by atoms with Gasteiger partial charge in [-0.05, 0) is 47.0 Å². The molecule has 2 heterocycles. The number of hydrogen-bond acceptors (Lipinski definition) is 9. The van der Waals surface area contributed by atoms with Crippen molar-refractivity contribution < 1.29 is 33.6 Å². The van der Waals surface area contributed by atoms with Crippen LogP contribution in [0.15, 0.2) is 95.9 Å². The van der Waals surface area contributed by atoms with Gasteiger partial charge in [-0.1, -0.05) is 54.6 Å². The van der Waals surface area contributed by atoms with Crippen molar-refractivity contribution in [3.05, 3.63) is 118 Å². The van der Waals surface area contributed by atoms with E-state index in [4.69, 9.17) is 18.9 Å². The van der Waals surface area contributed by atoms with E-state index in [1.165, 1.54) is 23.9 Å². The molecule has 1 aliphatic rings. The van der Waals surface area contributed by atoms with Crippen molar-refractivity contribution in [1.29, 1.82) is 0 Å². The van der Waals surface area contributed by atoms with Gasteiger partial charge in [0, 0.05) is 12.6 Å². The highest BCUT2D eigenvalue weighted by Crippen LogP contribution is 2.42. The summed E-state index contributed by atoms with van der Waals surface area (Å²) in [6.45, 7) is -0.00518. The number of aromatic nitrogens is 2. The summed E-state index contributed by atoms with van der Waals surface area (Å²) in [7, 11) is 4.43. The highest BCUT2D eigenvalue weighted by molar-refractivity contribution is 5.82. The van der Waals surface area contributed by atoms with Crippen LogP contribution >= 0.6 is 0 Å². The lowest BCUT2D eigenvalue weighted by molar-refractivity contribution is -0.0944. The molecule has 5 rings (SSSR count). The van der Waals surface area contributed by atoms with Crippen LogP contribution in [0.2, 0.25) is 0 Å². The van der Waals surface area contributed by atoms with Crippen molar-refractivity contribution in [1.82, 2.24) is 9.55 Å². The van der Waals surface area contributed by atoms with Gasteiger partial charge in [-0.2, -0.15) is 4.98 Å². The maximum atomic E-state index is 12.7. The molecular formula is C32H33N3O8. The van der Waals surface area contributed by atoms with Gasteiger partial charge in [0.05, 0.1) is 34.0 Å². The zero-order chi connectivity index (χ0) is 30.4. The number of carbonyl (C=O) groups is 1. The first-order valence-electron chi connectivity index (χ1n) is 13.6. The van der Waals surface area contributed by atoms with E-state index >= 15 is 0 Å². The number of rotatable bonds is 10. The lowest BCUT2D eigenvalue weighted by atomic mass is 9.80. The Bertz CT molecular complexity index is 1530. The Labute approximate surface area is 248 Å². The van der Waals surface area contributed by atoms with Crippen LogP contribution in [-0.2, 0) is 19.8 Å². The first-order chi connectivity index (χ1) is 20.9. The molecule has 2 N–H and O–H groups in total. The number of benzene rings is 3. The fourth-order valence-corrected chi connectivity index (χ4v) is 5.17. The number of ether oxygens (including phenoxy) is 5. The van der Waals surface area contributed by atoms with Gasteiger partial charge in [-0.25, -0.2) is 9.59 Å². The highest BCUT2D eigenvalue weighted by atomic mass is 16.6. The van der Waals surface area contributed by atoms with E-state index in [9.17, 15) is 14.7 Å². The Balaban J connectivity index is 1.47. The summed E-state index contributed by atoms with van der Waals surface area (Å²) in [5.74, 6) is 1.44. The zero-order valence-electron chi connectivity index (χ0n) is 24.0. The predicted molar refractivity (Wildman–Crippen MR) is 157 cm³/mol. The molecule has 0 unspecified atom stereocenters. The Hall–Kier alpha value is -4.71. The van der Waals surface area contributed by atoms with Crippen molar-refractivity contribution in [3.8, 4) is 11.5 Å². The van der Waals surface area contributed by atoms with E-state index in [0.717, 1.165) is 16.7 Å². The van der Waals surface area contributed by atoms with E-state index in [0.29, 0.717) is 11.5 Å². The summed E-state index contributed by atoms with van der Waals surface area (Å²) in [5, 5.41) is 13.4. The minimum Gasteiger partial charge on any atom is -0.497 e. The number of aliphatic hydroxyl groups excluding tert-OH is 1. The maximum Gasteiger partial charge on any atom is 0.412 e. The lowest BCUT2D eigenvalue weighted by Gasteiger charge is -2.37. The summed E-state index contributed by atoms with van der Waals surface area (Å²) in [5.41, 5.74) is 0.789. The predicted octanol–water partition coefficient (Wildman–Crippen LogP) is 4.10. The Morgan fingerprint density at radius 1 is 0.930 bits per heavy atom. The van der Waals surface area contributed by atoms with Crippen LogP contribution in [0.1, 0.15) is 29.3 Å². The maximum absolute atomic E-state index is 12.7. The first kappa shape index (κ1) is 29.8. The van der Waals surface area contributed by atoms with Gasteiger partial charge >= 0.3 is 11.8 Å². The molecule has 11 heteroatoms. The van der Waals surface area contributed by atoms with Crippen molar-refractivity contribution in [2.45, 2.75) is 30.5 Å². The van der Waals surface area contributed by atoms with Gasteiger partial charge < -0.3 is 28.8 Å². The summed E-state index contributed by atoms with van der Waals surface area (Å²) in [4.78, 5) is 28.1. The van der Waals surface area contributed by atoms with Gasteiger partial charge in [0.25, 0.3) is 0 Å². The quantitative estimate of drug-likeness (QED) is 0.264. The van der Waals surface area contributed by atoms with E-state index in [2.05, 4.69) is 15.0 Å². The molecule has 1 aromatic heterocycles. The molecule has 1 amide bonds. The van der Waals surface area contributed by atoms with Gasteiger partial charge in [-0.15, -0.1) is 0 Å². The molecule has 0 radical (unpaired) electrons. The highest BCUT2D eigenvalue weighted by Gasteiger charge is 2.42. The number of hydrogen-bond donors (Lipinski definition) is 2. The lowest BCUT2D eigenvalue weighted by Crippen LogP contribution is -2.38. The van der Waals surface area contributed by atoms with Crippen LogP contribution in [0, 0.1) is 0 Å². The summed E-state index contributed by atoms with van der Waals surface area (Å²) < 4.78 is 29.6. The van der Waals surface area contributed by atoms with Gasteiger partial charge in [0.15, 0.2) is 0 Å². The summed E-state index contributed by atoms with van der Waals surface area (Å²) in [6.07, 6.45) is -1.63. The van der Waals surface area contributed by atoms with Crippen LogP contribution in [0.5, 0.6) is 11.5 Å². The second-order valence-electron chi connectivity index (χ2n) is 9.87. The minimum atomic E-state index is -1.10. The average Bonchev–Trinajstić information content (AvgIpc) is 3.42. The Kier molecular flexibility index (Phi) is 9.05. The van der Waals surface area contributed by atoms with Crippen LogP contribution in [0.3, 0.4) is 0 Å². The Morgan fingerprint density at radius 2 is 1.51 bits per heavy atom. The summed E-state index contributed by atoms with van der Waals surface area (Å²) >= 11 is 0. The molecule has 1 aliphatic heterocycles. The SMILES string of the molecule is COC(=O)Nc1ccn([C@H]2C[C@H](O)[C@@H](COC(c3ccccc3)(c3ccc(OC)cc3)c3ccc(OC)cc3)O2)c(=O)n1. The van der Waals surface area contributed by atoms with Crippen LogP contribution < -0.4 is 20.5 Å². The van der Waals surface area contributed by atoms with Gasteiger partial charge in [0.1, 0.15) is 35.2 Å². The molecule has 3 aromatic carbocycles. The summed E-state index contributed by atoms with van der Waals surface area (Å²) in [6, 6.07) is 26.5. The molecule has 0 spiro atoms. The molecule has 224 valence electrons. The fourth-order valence-electron chi connectivity index (χ4n) is 5.17. The number of nitrogens with one attached hydrogen (secondary N) is 1. The minimum absolute atomic E-state index is 0.00518. The number of anilines is 1. The largest absolute Gasteiger partial charge is 0.497 e. The smallest absolute Gasteiger partial charge is 0.412 e. The van der Waals surface area contributed by atoms with Gasteiger partial charge in [0.2, 0.25) is 0 Å². The molecule has 3 atom stereocenters. The van der Waals surface area contributed by atoms with E-state index in [1.807, 2.05) is 78.9 Å². The normalized spacial score (nSPS) is 18.2. The third-order valence-corrected chi connectivity index (χ3v) is 7.40. The monoisotopic (exact) mass is 587 g/mol. The van der Waals surface area contributed by atoms with Crippen LogP contribution in [-0.4, -0.2) is 60.9 Å². The zero-order valence-corrected chi connectivity index (χ0v) is 24.0. The topological polar surface area (TPSA) is 130 Å².